The summed E-state index contributed by atoms with van der Waals surface area (Å²) in [5.41, 5.74) is 0.474. The molecule has 0 spiro atoms. The molecular formula is C18H23ClN2O4S. The first-order valence-corrected chi connectivity index (χ1v) is 9.88. The van der Waals surface area contributed by atoms with Crippen molar-refractivity contribution in [1.29, 1.82) is 0 Å². The van der Waals surface area contributed by atoms with Gasteiger partial charge in [-0.3, -0.25) is 14.4 Å². The summed E-state index contributed by atoms with van der Waals surface area (Å²) in [6, 6.07) is 5.16. The number of likely N-dealkylation sites (tertiary alicyclic amines) is 1. The zero-order valence-electron chi connectivity index (χ0n) is 14.9. The molecule has 1 aliphatic rings. The van der Waals surface area contributed by atoms with Gasteiger partial charge in [-0.2, -0.15) is 0 Å². The Morgan fingerprint density at radius 1 is 1.38 bits per heavy atom. The van der Waals surface area contributed by atoms with E-state index in [-0.39, 0.29) is 24.9 Å². The average Bonchev–Trinajstić information content (AvgIpc) is 2.62. The summed E-state index contributed by atoms with van der Waals surface area (Å²) in [6.07, 6.45) is 1.24. The van der Waals surface area contributed by atoms with Gasteiger partial charge < -0.3 is 14.9 Å². The third kappa shape index (κ3) is 5.14. The van der Waals surface area contributed by atoms with Crippen molar-refractivity contribution in [2.75, 3.05) is 32.4 Å². The monoisotopic (exact) mass is 398 g/mol. The zero-order chi connectivity index (χ0) is 19.3. The number of hydrogen-bond acceptors (Lipinski definition) is 4. The van der Waals surface area contributed by atoms with Gasteiger partial charge in [0.15, 0.2) is 0 Å². The second-order valence-electron chi connectivity index (χ2n) is 6.25. The Bertz CT molecular complexity index is 698. The summed E-state index contributed by atoms with van der Waals surface area (Å²) in [4.78, 5) is 40.1. The van der Waals surface area contributed by atoms with E-state index in [2.05, 4.69) is 0 Å². The lowest BCUT2D eigenvalue weighted by molar-refractivity contribution is -0.145. The van der Waals surface area contributed by atoms with E-state index in [1.165, 1.54) is 9.80 Å². The Morgan fingerprint density at radius 2 is 2.12 bits per heavy atom. The summed E-state index contributed by atoms with van der Waals surface area (Å²) in [6.45, 7) is 2.63. The third-order valence-electron chi connectivity index (χ3n) is 4.31. The molecule has 0 aromatic heterocycles. The minimum atomic E-state index is -0.882. The molecule has 8 heteroatoms. The second-order valence-corrected chi connectivity index (χ2v) is 7.99. The number of halogens is 1. The van der Waals surface area contributed by atoms with Crippen molar-refractivity contribution in [1.82, 2.24) is 9.80 Å². The number of thioether (sulfide) groups is 1. The maximum atomic E-state index is 12.8. The molecule has 142 valence electrons. The lowest BCUT2D eigenvalue weighted by atomic mass is 9.98. The van der Waals surface area contributed by atoms with Crippen molar-refractivity contribution in [2.24, 2.45) is 5.92 Å². The van der Waals surface area contributed by atoms with Crippen LogP contribution in [0.15, 0.2) is 23.1 Å². The van der Waals surface area contributed by atoms with E-state index >= 15 is 0 Å². The molecule has 0 aliphatic carbocycles. The van der Waals surface area contributed by atoms with Crippen molar-refractivity contribution < 1.29 is 19.5 Å². The van der Waals surface area contributed by atoms with E-state index in [1.807, 2.05) is 13.0 Å². The van der Waals surface area contributed by atoms with Gasteiger partial charge in [0.1, 0.15) is 0 Å². The molecule has 1 atom stereocenters. The van der Waals surface area contributed by atoms with Gasteiger partial charge in [-0.15, -0.1) is 11.8 Å². The smallest absolute Gasteiger partial charge is 0.308 e. The lowest BCUT2D eigenvalue weighted by Gasteiger charge is -2.32. The molecular weight excluding hydrogens is 376 g/mol. The highest BCUT2D eigenvalue weighted by Gasteiger charge is 2.29. The highest BCUT2D eigenvalue weighted by Crippen LogP contribution is 2.26. The van der Waals surface area contributed by atoms with Crippen LogP contribution in [0.25, 0.3) is 0 Å². The van der Waals surface area contributed by atoms with Gasteiger partial charge in [-0.1, -0.05) is 18.5 Å². The van der Waals surface area contributed by atoms with E-state index in [4.69, 9.17) is 16.7 Å². The molecule has 1 aromatic carbocycles. The SMILES string of the molecule is CCSc1ccc(Cl)cc1C(=O)N(C)CC(=O)N1CCCC(C(=O)O)C1. The number of hydrogen-bond donors (Lipinski definition) is 1. The fourth-order valence-electron chi connectivity index (χ4n) is 2.94. The number of aliphatic carboxylic acids is 1. The first-order valence-electron chi connectivity index (χ1n) is 8.51. The van der Waals surface area contributed by atoms with E-state index in [0.717, 1.165) is 10.6 Å². The fourth-order valence-corrected chi connectivity index (χ4v) is 3.89. The van der Waals surface area contributed by atoms with E-state index in [1.54, 1.807) is 30.9 Å². The van der Waals surface area contributed by atoms with Gasteiger partial charge in [-0.25, -0.2) is 0 Å². The van der Waals surface area contributed by atoms with Gasteiger partial charge in [0.2, 0.25) is 5.91 Å². The third-order valence-corrected chi connectivity index (χ3v) is 5.51. The first-order chi connectivity index (χ1) is 12.3. The average molecular weight is 399 g/mol. The van der Waals surface area contributed by atoms with Crippen LogP contribution in [-0.4, -0.2) is 65.1 Å². The topological polar surface area (TPSA) is 77.9 Å². The second kappa shape index (κ2) is 9.28. The summed E-state index contributed by atoms with van der Waals surface area (Å²) in [7, 11) is 1.57. The molecule has 0 radical (unpaired) electrons. The number of carboxylic acid groups (broad SMARTS) is 1. The number of carboxylic acids is 1. The molecule has 2 rings (SSSR count). The van der Waals surface area contributed by atoms with E-state index < -0.39 is 11.9 Å². The number of carbonyl (C=O) groups is 3. The van der Waals surface area contributed by atoms with Gasteiger partial charge in [-0.05, 0) is 36.8 Å². The van der Waals surface area contributed by atoms with Crippen LogP contribution in [0.5, 0.6) is 0 Å². The molecule has 6 nitrogen and oxygen atoms in total. The number of nitrogens with zero attached hydrogens (tertiary/aromatic N) is 2. The molecule has 1 aliphatic heterocycles. The zero-order valence-corrected chi connectivity index (χ0v) is 16.5. The van der Waals surface area contributed by atoms with Gasteiger partial charge >= 0.3 is 5.97 Å². The van der Waals surface area contributed by atoms with Gasteiger partial charge in [0.05, 0.1) is 18.0 Å². The Balaban J connectivity index is 2.06. The van der Waals surface area contributed by atoms with Gasteiger partial charge in [0, 0.05) is 30.1 Å². The van der Waals surface area contributed by atoms with Crippen LogP contribution in [0.2, 0.25) is 5.02 Å². The minimum Gasteiger partial charge on any atom is -0.481 e. The van der Waals surface area contributed by atoms with Crippen LogP contribution in [0, 0.1) is 5.92 Å². The Kier molecular flexibility index (Phi) is 7.34. The number of piperidine rings is 1. The molecule has 2 amide bonds. The molecule has 1 aromatic rings. The number of carbonyl (C=O) groups excluding carboxylic acids is 2. The summed E-state index contributed by atoms with van der Waals surface area (Å²) < 4.78 is 0. The standard InChI is InChI=1S/C18H23ClN2O4S/c1-3-26-15-7-6-13(19)9-14(15)17(23)20(2)11-16(22)21-8-4-5-12(10-21)18(24)25/h6-7,9,12H,3-5,8,10-11H2,1-2H3,(H,24,25). The highest BCUT2D eigenvalue weighted by atomic mass is 35.5. The number of amides is 2. The molecule has 0 saturated carbocycles. The van der Waals surface area contributed by atoms with E-state index in [0.29, 0.717) is 30.0 Å². The Labute approximate surface area is 162 Å². The van der Waals surface area contributed by atoms with Crippen LogP contribution < -0.4 is 0 Å². The van der Waals surface area contributed by atoms with Crippen LogP contribution in [0.1, 0.15) is 30.1 Å². The van der Waals surface area contributed by atoms with Crippen molar-refractivity contribution in [3.63, 3.8) is 0 Å². The van der Waals surface area contributed by atoms with E-state index in [9.17, 15) is 14.4 Å². The van der Waals surface area contributed by atoms with Crippen LogP contribution in [-0.2, 0) is 9.59 Å². The number of benzene rings is 1. The molecule has 1 saturated heterocycles. The normalized spacial score (nSPS) is 17.0. The molecule has 26 heavy (non-hydrogen) atoms. The molecule has 1 fully saturated rings. The molecule has 1 heterocycles. The van der Waals surface area contributed by atoms with Crippen molar-refractivity contribution in [3.05, 3.63) is 28.8 Å². The van der Waals surface area contributed by atoms with Crippen LogP contribution in [0.3, 0.4) is 0 Å². The Morgan fingerprint density at radius 3 is 2.77 bits per heavy atom. The van der Waals surface area contributed by atoms with Crippen molar-refractivity contribution >= 4 is 41.1 Å². The fraction of sp³-hybridized carbons (Fsp3) is 0.500. The van der Waals surface area contributed by atoms with Crippen LogP contribution in [0.4, 0.5) is 0 Å². The number of likely N-dealkylation sites (N-methyl/N-ethyl adjacent to an activating group) is 1. The first kappa shape index (κ1) is 20.6. The summed E-state index contributed by atoms with van der Waals surface area (Å²) in [5.74, 6) is -1.11. The largest absolute Gasteiger partial charge is 0.481 e. The number of rotatable bonds is 6. The maximum absolute atomic E-state index is 12.8. The quantitative estimate of drug-likeness (QED) is 0.745. The molecule has 1 unspecified atom stereocenters. The predicted molar refractivity (Wildman–Crippen MR) is 102 cm³/mol. The summed E-state index contributed by atoms with van der Waals surface area (Å²) >= 11 is 7.57. The van der Waals surface area contributed by atoms with Gasteiger partial charge in [0.25, 0.3) is 5.91 Å². The predicted octanol–water partition coefficient (Wildman–Crippen LogP) is 2.85. The lowest BCUT2D eigenvalue weighted by Crippen LogP contribution is -2.47. The minimum absolute atomic E-state index is 0.0894. The molecule has 1 N–H and O–H groups in total. The van der Waals surface area contributed by atoms with Crippen molar-refractivity contribution in [2.45, 2.75) is 24.7 Å². The Hall–Kier alpha value is -1.73. The van der Waals surface area contributed by atoms with Crippen molar-refractivity contribution in [3.8, 4) is 0 Å². The molecule has 0 bridgehead atoms. The summed E-state index contributed by atoms with van der Waals surface area (Å²) in [5, 5.41) is 9.61. The maximum Gasteiger partial charge on any atom is 0.308 e. The van der Waals surface area contributed by atoms with Crippen LogP contribution >= 0.6 is 23.4 Å². The highest BCUT2D eigenvalue weighted by molar-refractivity contribution is 7.99.